The first-order valence-electron chi connectivity index (χ1n) is 14.0. The summed E-state index contributed by atoms with van der Waals surface area (Å²) in [6.45, 7) is 2.47. The predicted octanol–water partition coefficient (Wildman–Crippen LogP) is 7.07. The molecule has 1 atom stereocenters. The number of aryl methyl sites for hydroxylation is 1. The average molecular weight is 565 g/mol. The number of rotatable bonds is 5. The standard InChI is InChI=1S/C35H24N4O4/c1-21-9-5-6-12-25(21)32-37-33-30-28(23-15-17-24(18-16-23)41-19-22-10-3-2-4-11-22)29-31(43-34(30)36-20-39(33)38-32)26-13-7-8-14-27(26)42-35(29)40/h2-18,20,28H,19H2,1H3. The fraction of sp³-hybridized carbons (Fsp3) is 0.0857. The van der Waals surface area contributed by atoms with Crippen molar-refractivity contribution in [3.05, 3.63) is 148 Å². The van der Waals surface area contributed by atoms with Gasteiger partial charge in [-0.25, -0.2) is 19.3 Å². The molecule has 4 aromatic carbocycles. The molecule has 4 heterocycles. The van der Waals surface area contributed by atoms with Gasteiger partial charge in [0.05, 0.1) is 22.4 Å². The second-order valence-corrected chi connectivity index (χ2v) is 10.5. The number of ether oxygens (including phenoxy) is 2. The third-order valence-corrected chi connectivity index (χ3v) is 7.81. The van der Waals surface area contributed by atoms with Crippen molar-refractivity contribution in [3.8, 4) is 28.8 Å². The van der Waals surface area contributed by atoms with E-state index in [2.05, 4.69) is 4.98 Å². The molecule has 0 spiro atoms. The Kier molecular flexibility index (Phi) is 5.78. The van der Waals surface area contributed by atoms with Crippen LogP contribution in [0.15, 0.2) is 119 Å². The highest BCUT2D eigenvalue weighted by Crippen LogP contribution is 2.49. The zero-order chi connectivity index (χ0) is 28.9. The molecular weight excluding hydrogens is 540 g/mol. The summed E-state index contributed by atoms with van der Waals surface area (Å²) in [6, 6.07) is 33.0. The van der Waals surface area contributed by atoms with Crippen LogP contribution >= 0.6 is 0 Å². The molecule has 7 aromatic rings. The van der Waals surface area contributed by atoms with Crippen LogP contribution in [-0.4, -0.2) is 19.6 Å². The molecule has 43 heavy (non-hydrogen) atoms. The molecule has 1 aliphatic rings. The molecule has 0 saturated carbocycles. The summed E-state index contributed by atoms with van der Waals surface area (Å²) in [6.07, 6.45) is 1.60. The molecule has 0 amide bonds. The molecular formula is C35H24N4O4. The van der Waals surface area contributed by atoms with Crippen molar-refractivity contribution >= 4 is 16.6 Å². The molecule has 3 aromatic heterocycles. The second kappa shape index (κ2) is 9.95. The van der Waals surface area contributed by atoms with Crippen LogP contribution in [0.4, 0.5) is 0 Å². The lowest BCUT2D eigenvalue weighted by Crippen LogP contribution is -2.22. The van der Waals surface area contributed by atoms with Gasteiger partial charge in [0.15, 0.2) is 17.2 Å². The molecule has 0 N–H and O–H groups in total. The number of hydrogen-bond donors (Lipinski definition) is 0. The molecule has 8 rings (SSSR count). The third kappa shape index (κ3) is 4.23. The molecule has 8 heteroatoms. The summed E-state index contributed by atoms with van der Waals surface area (Å²) in [5.41, 5.74) is 5.44. The van der Waals surface area contributed by atoms with E-state index < -0.39 is 11.5 Å². The molecule has 0 fully saturated rings. The smallest absolute Gasteiger partial charge is 0.344 e. The van der Waals surface area contributed by atoms with Gasteiger partial charge in [-0.3, -0.25) is 0 Å². The summed E-state index contributed by atoms with van der Waals surface area (Å²) in [5.74, 6) is 1.50. The lowest BCUT2D eigenvalue weighted by atomic mass is 9.84. The van der Waals surface area contributed by atoms with Gasteiger partial charge in [-0.15, -0.1) is 5.10 Å². The predicted molar refractivity (Wildman–Crippen MR) is 162 cm³/mol. The van der Waals surface area contributed by atoms with Crippen LogP contribution in [0.2, 0.25) is 0 Å². The lowest BCUT2D eigenvalue weighted by Gasteiger charge is -2.27. The van der Waals surface area contributed by atoms with Gasteiger partial charge in [0.2, 0.25) is 5.88 Å². The van der Waals surface area contributed by atoms with E-state index in [1.807, 2.05) is 104 Å². The SMILES string of the molecule is Cc1ccccc1-c1nc2c3c(ncn2n1)Oc1c(c(=O)oc2ccccc12)C3c1ccc(OCc2ccccc2)cc1. The normalized spacial score (nSPS) is 13.8. The first-order valence-corrected chi connectivity index (χ1v) is 14.0. The van der Waals surface area contributed by atoms with E-state index in [9.17, 15) is 4.79 Å². The third-order valence-electron chi connectivity index (χ3n) is 7.81. The Morgan fingerprint density at radius 3 is 2.47 bits per heavy atom. The summed E-state index contributed by atoms with van der Waals surface area (Å²) >= 11 is 0. The van der Waals surface area contributed by atoms with Crippen molar-refractivity contribution in [2.24, 2.45) is 0 Å². The van der Waals surface area contributed by atoms with E-state index >= 15 is 0 Å². The van der Waals surface area contributed by atoms with Crippen LogP contribution < -0.4 is 15.1 Å². The van der Waals surface area contributed by atoms with Gasteiger partial charge >= 0.3 is 5.63 Å². The van der Waals surface area contributed by atoms with Crippen LogP contribution in [0.5, 0.6) is 17.4 Å². The zero-order valence-corrected chi connectivity index (χ0v) is 23.1. The molecule has 0 bridgehead atoms. The first kappa shape index (κ1) is 25.0. The van der Waals surface area contributed by atoms with E-state index in [1.165, 1.54) is 0 Å². The Hall–Kier alpha value is -5.76. The number of aromatic nitrogens is 4. The highest BCUT2D eigenvalue weighted by Gasteiger charge is 2.37. The lowest BCUT2D eigenvalue weighted by molar-refractivity contribution is 0.306. The van der Waals surface area contributed by atoms with Crippen molar-refractivity contribution in [2.75, 3.05) is 0 Å². The average Bonchev–Trinajstić information content (AvgIpc) is 3.48. The Morgan fingerprint density at radius 2 is 1.63 bits per heavy atom. The van der Waals surface area contributed by atoms with Crippen molar-refractivity contribution in [3.63, 3.8) is 0 Å². The fourth-order valence-electron chi connectivity index (χ4n) is 5.70. The van der Waals surface area contributed by atoms with Crippen LogP contribution in [0, 0.1) is 6.92 Å². The maximum atomic E-state index is 13.7. The first-order chi connectivity index (χ1) is 21.1. The Morgan fingerprint density at radius 1 is 0.860 bits per heavy atom. The molecule has 208 valence electrons. The topological polar surface area (TPSA) is 91.8 Å². The number of hydrogen-bond acceptors (Lipinski definition) is 7. The molecule has 0 radical (unpaired) electrons. The van der Waals surface area contributed by atoms with Crippen LogP contribution in [0.3, 0.4) is 0 Å². The Balaban J connectivity index is 1.30. The summed E-state index contributed by atoms with van der Waals surface area (Å²) in [5, 5.41) is 5.44. The minimum Gasteiger partial charge on any atom is -0.489 e. The fourth-order valence-corrected chi connectivity index (χ4v) is 5.70. The van der Waals surface area contributed by atoms with Crippen molar-refractivity contribution in [1.29, 1.82) is 0 Å². The second-order valence-electron chi connectivity index (χ2n) is 10.5. The maximum absolute atomic E-state index is 13.7. The van der Waals surface area contributed by atoms with E-state index in [4.69, 9.17) is 24.0 Å². The van der Waals surface area contributed by atoms with E-state index in [-0.39, 0.29) is 0 Å². The highest BCUT2D eigenvalue weighted by molar-refractivity contribution is 5.87. The quantitative estimate of drug-likeness (QED) is 0.207. The van der Waals surface area contributed by atoms with Crippen molar-refractivity contribution in [2.45, 2.75) is 19.4 Å². The Labute approximate surface area is 245 Å². The zero-order valence-electron chi connectivity index (χ0n) is 23.1. The van der Waals surface area contributed by atoms with Gasteiger partial charge < -0.3 is 13.9 Å². The summed E-state index contributed by atoms with van der Waals surface area (Å²) in [7, 11) is 0. The van der Waals surface area contributed by atoms with Gasteiger partial charge in [0.25, 0.3) is 0 Å². The largest absolute Gasteiger partial charge is 0.489 e. The Bertz CT molecular complexity index is 2200. The number of benzene rings is 4. The molecule has 0 aliphatic carbocycles. The van der Waals surface area contributed by atoms with Gasteiger partial charge in [-0.2, -0.15) is 0 Å². The van der Waals surface area contributed by atoms with Crippen molar-refractivity contribution < 1.29 is 13.9 Å². The molecule has 8 nitrogen and oxygen atoms in total. The van der Waals surface area contributed by atoms with Crippen LogP contribution in [-0.2, 0) is 6.61 Å². The number of para-hydroxylation sites is 1. The highest BCUT2D eigenvalue weighted by atomic mass is 16.5. The van der Waals surface area contributed by atoms with Crippen LogP contribution in [0.1, 0.15) is 33.7 Å². The van der Waals surface area contributed by atoms with Gasteiger partial charge in [-0.1, -0.05) is 78.9 Å². The minimum absolute atomic E-state index is 0.369. The molecule has 1 unspecified atom stereocenters. The van der Waals surface area contributed by atoms with E-state index in [0.29, 0.717) is 57.6 Å². The number of fused-ring (bicyclic) bond motifs is 6. The summed E-state index contributed by atoms with van der Waals surface area (Å²) in [4.78, 5) is 23.3. The van der Waals surface area contributed by atoms with Crippen LogP contribution in [0.25, 0.3) is 28.0 Å². The minimum atomic E-state index is -0.576. The van der Waals surface area contributed by atoms with E-state index in [1.54, 1.807) is 16.9 Å². The van der Waals surface area contributed by atoms with Crippen molar-refractivity contribution in [1.82, 2.24) is 19.6 Å². The molecule has 0 saturated heterocycles. The van der Waals surface area contributed by atoms with Gasteiger partial charge in [0.1, 0.15) is 24.3 Å². The van der Waals surface area contributed by atoms with E-state index in [0.717, 1.165) is 22.3 Å². The van der Waals surface area contributed by atoms with Gasteiger partial charge in [-0.05, 0) is 47.9 Å². The maximum Gasteiger partial charge on any atom is 0.344 e. The summed E-state index contributed by atoms with van der Waals surface area (Å²) < 4.78 is 19.9. The van der Waals surface area contributed by atoms with Gasteiger partial charge in [0, 0.05) is 5.56 Å². The monoisotopic (exact) mass is 564 g/mol. The number of nitrogens with zero attached hydrogens (tertiary/aromatic N) is 4. The molecule has 1 aliphatic heterocycles.